The summed E-state index contributed by atoms with van der Waals surface area (Å²) in [5.41, 5.74) is 7.83. The fourth-order valence-corrected chi connectivity index (χ4v) is 6.11. The van der Waals surface area contributed by atoms with Crippen LogP contribution in [0.3, 0.4) is 0 Å². The maximum atomic E-state index is 10.6. The van der Waals surface area contributed by atoms with Gasteiger partial charge in [-0.25, -0.2) is 0 Å². The van der Waals surface area contributed by atoms with E-state index in [-0.39, 0.29) is 11.5 Å². The topological polar surface area (TPSA) is 80.9 Å². The van der Waals surface area contributed by atoms with Gasteiger partial charge in [0.05, 0.1) is 0 Å². The first kappa shape index (κ1) is 26.9. The zero-order chi connectivity index (χ0) is 26.5. The number of aryl methyl sites for hydroxylation is 3. The Hall–Kier alpha value is -3.14. The fourth-order valence-electron chi connectivity index (χ4n) is 6.11. The highest BCUT2D eigenvalue weighted by molar-refractivity contribution is 5.74. The van der Waals surface area contributed by atoms with Crippen molar-refractivity contribution >= 4 is 0 Å². The zero-order valence-electron chi connectivity index (χ0n) is 22.6. The zero-order valence-corrected chi connectivity index (χ0v) is 22.6. The quantitative estimate of drug-likeness (QED) is 0.270. The second-order valence-electron chi connectivity index (χ2n) is 11.1. The molecule has 4 nitrogen and oxygen atoms in total. The van der Waals surface area contributed by atoms with Gasteiger partial charge in [-0.3, -0.25) is 0 Å². The molecule has 0 aliphatic heterocycles. The Labute approximate surface area is 221 Å². The van der Waals surface area contributed by atoms with Gasteiger partial charge in [-0.05, 0) is 134 Å². The largest absolute Gasteiger partial charge is 0.508 e. The van der Waals surface area contributed by atoms with Crippen molar-refractivity contribution in [2.24, 2.45) is 0 Å². The van der Waals surface area contributed by atoms with E-state index >= 15 is 0 Å². The Morgan fingerprint density at radius 1 is 0.486 bits per heavy atom. The normalized spacial score (nSPS) is 16.7. The molecule has 0 saturated heterocycles. The molecule has 0 aromatic heterocycles. The van der Waals surface area contributed by atoms with Crippen LogP contribution < -0.4 is 0 Å². The lowest BCUT2D eigenvalue weighted by molar-refractivity contribution is 0.403. The average molecular weight is 503 g/mol. The summed E-state index contributed by atoms with van der Waals surface area (Å²) in [5, 5.41) is 38.9. The van der Waals surface area contributed by atoms with Crippen LogP contribution in [-0.4, -0.2) is 20.4 Å². The Kier molecular flexibility index (Phi) is 8.68. The van der Waals surface area contributed by atoms with E-state index in [0.717, 1.165) is 27.8 Å². The number of aromatic hydroxyl groups is 4. The minimum absolute atomic E-state index is 0.0602. The van der Waals surface area contributed by atoms with Crippen molar-refractivity contribution in [3.8, 4) is 34.1 Å². The van der Waals surface area contributed by atoms with Crippen molar-refractivity contribution in [1.82, 2.24) is 0 Å². The summed E-state index contributed by atoms with van der Waals surface area (Å²) in [6.45, 7) is 6.03. The van der Waals surface area contributed by atoms with Crippen LogP contribution in [0.2, 0.25) is 0 Å². The van der Waals surface area contributed by atoms with Crippen LogP contribution in [0.1, 0.15) is 104 Å². The van der Waals surface area contributed by atoms with Gasteiger partial charge in [0, 0.05) is 0 Å². The fraction of sp³-hybridized carbons (Fsp3) is 0.455. The molecule has 3 aromatic carbocycles. The van der Waals surface area contributed by atoms with Gasteiger partial charge in [-0.2, -0.15) is 0 Å². The van der Waals surface area contributed by atoms with Crippen LogP contribution in [0.15, 0.2) is 42.5 Å². The standard InChI is InChI=1S/C26H34O2.C7H8O2/c1-17-13-25(27)23(19-9-5-3-6-10-19)15-21(17)22-16-24(26(28)14-18(22)2)20-11-7-4-8-12-20;1-5-2-3-6(8)7(9)4-5/h13-16,19-20,27-28H,3-12H2,1-2H3;2-4,8-9H,1H3. The smallest absolute Gasteiger partial charge is 0.157 e. The molecule has 0 spiro atoms. The molecule has 2 aliphatic carbocycles. The molecule has 0 atom stereocenters. The third-order valence-corrected chi connectivity index (χ3v) is 8.26. The molecule has 198 valence electrons. The lowest BCUT2D eigenvalue weighted by Gasteiger charge is -2.26. The van der Waals surface area contributed by atoms with Crippen LogP contribution in [0.5, 0.6) is 23.0 Å². The highest BCUT2D eigenvalue weighted by Gasteiger charge is 2.23. The number of hydrogen-bond donors (Lipinski definition) is 4. The molecule has 4 heteroatoms. The van der Waals surface area contributed by atoms with Crippen LogP contribution in [0, 0.1) is 20.8 Å². The molecular weight excluding hydrogens is 460 g/mol. The molecule has 0 bridgehead atoms. The Morgan fingerprint density at radius 3 is 1.30 bits per heavy atom. The minimum Gasteiger partial charge on any atom is -0.508 e. The Balaban J connectivity index is 0.000000301. The van der Waals surface area contributed by atoms with E-state index in [9.17, 15) is 10.2 Å². The molecule has 0 amide bonds. The van der Waals surface area contributed by atoms with Gasteiger partial charge in [0.25, 0.3) is 0 Å². The summed E-state index contributed by atoms with van der Waals surface area (Å²) < 4.78 is 0. The van der Waals surface area contributed by atoms with Crippen molar-refractivity contribution in [3.63, 3.8) is 0 Å². The molecule has 2 aliphatic rings. The molecule has 2 fully saturated rings. The first-order chi connectivity index (χ1) is 17.7. The van der Waals surface area contributed by atoms with Crippen LogP contribution in [0.25, 0.3) is 11.1 Å². The number of phenolic OH excluding ortho intramolecular Hbond substituents is 4. The second-order valence-corrected chi connectivity index (χ2v) is 11.1. The van der Waals surface area contributed by atoms with Crippen LogP contribution in [-0.2, 0) is 0 Å². The lowest BCUT2D eigenvalue weighted by Crippen LogP contribution is -2.07. The van der Waals surface area contributed by atoms with E-state index in [1.54, 1.807) is 6.07 Å². The van der Waals surface area contributed by atoms with Crippen molar-refractivity contribution in [2.45, 2.75) is 96.8 Å². The van der Waals surface area contributed by atoms with Gasteiger partial charge < -0.3 is 20.4 Å². The SMILES string of the molecule is Cc1cc(O)c(C2CCCCC2)cc1-c1cc(C2CCCCC2)c(O)cc1C.Cc1ccc(O)c(O)c1. The first-order valence-electron chi connectivity index (χ1n) is 13.9. The van der Waals surface area contributed by atoms with Gasteiger partial charge in [0.1, 0.15) is 11.5 Å². The number of hydrogen-bond acceptors (Lipinski definition) is 4. The molecule has 2 saturated carbocycles. The van der Waals surface area contributed by atoms with E-state index in [4.69, 9.17) is 10.2 Å². The van der Waals surface area contributed by atoms with E-state index in [1.165, 1.54) is 87.5 Å². The third-order valence-electron chi connectivity index (χ3n) is 8.26. The second kappa shape index (κ2) is 11.9. The van der Waals surface area contributed by atoms with Crippen molar-refractivity contribution in [2.75, 3.05) is 0 Å². The Bertz CT molecular complexity index is 1150. The van der Waals surface area contributed by atoms with Crippen molar-refractivity contribution < 1.29 is 20.4 Å². The molecule has 4 N–H and O–H groups in total. The summed E-state index contributed by atoms with van der Waals surface area (Å²) >= 11 is 0. The number of phenols is 4. The highest BCUT2D eigenvalue weighted by Crippen LogP contribution is 2.44. The molecule has 0 heterocycles. The summed E-state index contributed by atoms with van der Waals surface area (Å²) in [6, 6.07) is 13.1. The minimum atomic E-state index is -0.0689. The van der Waals surface area contributed by atoms with Gasteiger partial charge in [-0.15, -0.1) is 0 Å². The van der Waals surface area contributed by atoms with E-state index < -0.39 is 0 Å². The molecule has 5 rings (SSSR count). The number of rotatable bonds is 3. The summed E-state index contributed by atoms with van der Waals surface area (Å²) in [4.78, 5) is 0. The lowest BCUT2D eigenvalue weighted by atomic mass is 9.80. The predicted octanol–water partition coefficient (Wildman–Crippen LogP) is 8.88. The van der Waals surface area contributed by atoms with Crippen molar-refractivity contribution in [1.29, 1.82) is 0 Å². The number of benzene rings is 3. The molecular formula is C33H42O4. The maximum absolute atomic E-state index is 10.6. The third kappa shape index (κ3) is 6.41. The van der Waals surface area contributed by atoms with E-state index in [2.05, 4.69) is 26.0 Å². The van der Waals surface area contributed by atoms with E-state index in [1.807, 2.05) is 19.1 Å². The summed E-state index contributed by atoms with van der Waals surface area (Å²) in [6.07, 6.45) is 12.4. The molecule has 3 aromatic rings. The highest BCUT2D eigenvalue weighted by atomic mass is 16.3. The van der Waals surface area contributed by atoms with Crippen LogP contribution >= 0.6 is 0 Å². The summed E-state index contributed by atoms with van der Waals surface area (Å²) in [7, 11) is 0. The predicted molar refractivity (Wildman–Crippen MR) is 151 cm³/mol. The Morgan fingerprint density at radius 2 is 0.919 bits per heavy atom. The van der Waals surface area contributed by atoms with Gasteiger partial charge in [-0.1, -0.05) is 44.6 Å². The monoisotopic (exact) mass is 502 g/mol. The van der Waals surface area contributed by atoms with Gasteiger partial charge in [0.15, 0.2) is 11.5 Å². The van der Waals surface area contributed by atoms with Gasteiger partial charge in [0.2, 0.25) is 0 Å². The average Bonchev–Trinajstić information content (AvgIpc) is 2.88. The molecule has 0 unspecified atom stereocenters. The maximum Gasteiger partial charge on any atom is 0.157 e. The molecule has 0 radical (unpaired) electrons. The van der Waals surface area contributed by atoms with Gasteiger partial charge >= 0.3 is 0 Å². The van der Waals surface area contributed by atoms with E-state index in [0.29, 0.717) is 23.3 Å². The summed E-state index contributed by atoms with van der Waals surface area (Å²) in [5.74, 6) is 1.73. The van der Waals surface area contributed by atoms with Crippen LogP contribution in [0.4, 0.5) is 0 Å². The first-order valence-corrected chi connectivity index (χ1v) is 13.9. The molecule has 37 heavy (non-hydrogen) atoms. The van der Waals surface area contributed by atoms with Crippen molar-refractivity contribution in [3.05, 3.63) is 70.3 Å².